The number of carboxylic acid groups (broad SMARTS) is 1. The topological polar surface area (TPSA) is 63.3 Å². The molecule has 0 aromatic rings. The first kappa shape index (κ1) is 10.4. The van der Waals surface area contributed by atoms with Crippen molar-refractivity contribution >= 4 is 5.97 Å². The second-order valence-corrected chi connectivity index (χ2v) is 4.04. The van der Waals surface area contributed by atoms with Gasteiger partial charge in [0.2, 0.25) is 0 Å². The second-order valence-electron chi connectivity index (χ2n) is 4.04. The summed E-state index contributed by atoms with van der Waals surface area (Å²) < 4.78 is 0. The highest BCUT2D eigenvalue weighted by Crippen LogP contribution is 2.20. The quantitative estimate of drug-likeness (QED) is 0.651. The molecule has 0 aromatic heterocycles. The van der Waals surface area contributed by atoms with Crippen LogP contribution in [0.25, 0.3) is 0 Å². The van der Waals surface area contributed by atoms with Crippen molar-refractivity contribution in [2.75, 3.05) is 0 Å². The third-order valence-electron chi connectivity index (χ3n) is 1.52. The standard InChI is InChI=1S/C8H17NO2/c1-8(2,3)5-4-6(9)7(10)11/h6H,4-5,9H2,1-3H3,(H,10,11)/t6-/m1/s1. The van der Waals surface area contributed by atoms with E-state index in [-0.39, 0.29) is 5.41 Å². The Morgan fingerprint density at radius 1 is 1.55 bits per heavy atom. The van der Waals surface area contributed by atoms with Crippen LogP contribution < -0.4 is 5.73 Å². The molecule has 0 fully saturated rings. The molecule has 0 aliphatic heterocycles. The zero-order chi connectivity index (χ0) is 9.07. The molecular formula is C8H17NO2. The van der Waals surface area contributed by atoms with Gasteiger partial charge in [0.15, 0.2) is 0 Å². The van der Waals surface area contributed by atoms with E-state index < -0.39 is 12.0 Å². The molecule has 11 heavy (non-hydrogen) atoms. The Morgan fingerprint density at radius 2 is 2.00 bits per heavy atom. The Hall–Kier alpha value is -0.570. The molecule has 66 valence electrons. The maximum absolute atomic E-state index is 10.3. The monoisotopic (exact) mass is 159 g/mol. The third-order valence-corrected chi connectivity index (χ3v) is 1.52. The van der Waals surface area contributed by atoms with E-state index in [0.29, 0.717) is 6.42 Å². The molecule has 3 heteroatoms. The van der Waals surface area contributed by atoms with E-state index in [1.807, 2.05) is 0 Å². The molecule has 0 radical (unpaired) electrons. The highest BCUT2D eigenvalue weighted by atomic mass is 16.4. The van der Waals surface area contributed by atoms with Crippen molar-refractivity contribution in [3.63, 3.8) is 0 Å². The van der Waals surface area contributed by atoms with Crippen LogP contribution >= 0.6 is 0 Å². The number of aliphatic carboxylic acids is 1. The Morgan fingerprint density at radius 3 is 2.27 bits per heavy atom. The summed E-state index contributed by atoms with van der Waals surface area (Å²) >= 11 is 0. The summed E-state index contributed by atoms with van der Waals surface area (Å²) in [5, 5.41) is 8.45. The first-order valence-electron chi connectivity index (χ1n) is 3.81. The van der Waals surface area contributed by atoms with Gasteiger partial charge >= 0.3 is 5.97 Å². The van der Waals surface area contributed by atoms with Crippen LogP contribution in [-0.4, -0.2) is 17.1 Å². The third kappa shape index (κ3) is 5.85. The summed E-state index contributed by atoms with van der Waals surface area (Å²) in [4.78, 5) is 10.3. The molecule has 0 aliphatic carbocycles. The van der Waals surface area contributed by atoms with Crippen molar-refractivity contribution in [3.8, 4) is 0 Å². The highest BCUT2D eigenvalue weighted by Gasteiger charge is 2.16. The molecule has 0 unspecified atom stereocenters. The van der Waals surface area contributed by atoms with E-state index in [9.17, 15) is 4.79 Å². The van der Waals surface area contributed by atoms with Crippen molar-refractivity contribution < 1.29 is 9.90 Å². The van der Waals surface area contributed by atoms with Crippen LogP contribution in [0.4, 0.5) is 0 Å². The van der Waals surface area contributed by atoms with Gasteiger partial charge in [-0.05, 0) is 18.3 Å². The normalized spacial score (nSPS) is 14.5. The van der Waals surface area contributed by atoms with Gasteiger partial charge in [0.1, 0.15) is 6.04 Å². The Balaban J connectivity index is 3.63. The Kier molecular flexibility index (Phi) is 3.52. The molecule has 0 rings (SSSR count). The maximum atomic E-state index is 10.3. The lowest BCUT2D eigenvalue weighted by Crippen LogP contribution is -2.31. The van der Waals surface area contributed by atoms with Crippen molar-refractivity contribution in [3.05, 3.63) is 0 Å². The lowest BCUT2D eigenvalue weighted by atomic mass is 9.89. The van der Waals surface area contributed by atoms with E-state index in [2.05, 4.69) is 20.8 Å². The summed E-state index contributed by atoms with van der Waals surface area (Å²) in [7, 11) is 0. The second kappa shape index (κ2) is 3.72. The molecule has 0 bridgehead atoms. The molecule has 1 atom stereocenters. The van der Waals surface area contributed by atoms with E-state index in [0.717, 1.165) is 6.42 Å². The SMILES string of the molecule is CC(C)(C)CC[C@@H](N)C(=O)O. The minimum absolute atomic E-state index is 0.174. The average molecular weight is 159 g/mol. The summed E-state index contributed by atoms with van der Waals surface area (Å²) in [5.41, 5.74) is 5.50. The molecule has 0 heterocycles. The first-order valence-corrected chi connectivity index (χ1v) is 3.81. The molecule has 0 saturated heterocycles. The Labute approximate surface area is 67.6 Å². The van der Waals surface area contributed by atoms with Gasteiger partial charge in [-0.3, -0.25) is 4.79 Å². The summed E-state index contributed by atoms with van der Waals surface area (Å²) in [5.74, 6) is -0.908. The Bertz CT molecular complexity index is 138. The molecule has 0 saturated carbocycles. The largest absolute Gasteiger partial charge is 0.480 e. The van der Waals surface area contributed by atoms with Crippen LogP contribution in [0.2, 0.25) is 0 Å². The lowest BCUT2D eigenvalue weighted by molar-refractivity contribution is -0.138. The van der Waals surface area contributed by atoms with Crippen LogP contribution in [0.3, 0.4) is 0 Å². The maximum Gasteiger partial charge on any atom is 0.320 e. The van der Waals surface area contributed by atoms with Crippen LogP contribution in [0, 0.1) is 5.41 Å². The molecule has 3 nitrogen and oxygen atoms in total. The highest BCUT2D eigenvalue weighted by molar-refractivity contribution is 5.72. The molecule has 3 N–H and O–H groups in total. The van der Waals surface area contributed by atoms with Crippen molar-refractivity contribution in [2.24, 2.45) is 11.1 Å². The van der Waals surface area contributed by atoms with Gasteiger partial charge in [-0.2, -0.15) is 0 Å². The van der Waals surface area contributed by atoms with E-state index in [1.54, 1.807) is 0 Å². The fraction of sp³-hybridized carbons (Fsp3) is 0.875. The van der Waals surface area contributed by atoms with Gasteiger partial charge in [-0.1, -0.05) is 20.8 Å². The molecule has 0 aliphatic rings. The minimum Gasteiger partial charge on any atom is -0.480 e. The first-order chi connectivity index (χ1) is 4.83. The van der Waals surface area contributed by atoms with Gasteiger partial charge in [-0.15, -0.1) is 0 Å². The van der Waals surface area contributed by atoms with E-state index >= 15 is 0 Å². The smallest absolute Gasteiger partial charge is 0.320 e. The number of hydrogen-bond donors (Lipinski definition) is 2. The van der Waals surface area contributed by atoms with E-state index in [4.69, 9.17) is 10.8 Å². The number of nitrogens with two attached hydrogens (primary N) is 1. The number of hydrogen-bond acceptors (Lipinski definition) is 2. The van der Waals surface area contributed by atoms with Gasteiger partial charge in [0, 0.05) is 0 Å². The number of carboxylic acids is 1. The van der Waals surface area contributed by atoms with Gasteiger partial charge < -0.3 is 10.8 Å². The average Bonchev–Trinajstić information content (AvgIpc) is 1.80. The van der Waals surface area contributed by atoms with Crippen molar-refractivity contribution in [2.45, 2.75) is 39.7 Å². The fourth-order valence-corrected chi connectivity index (χ4v) is 0.712. The zero-order valence-electron chi connectivity index (χ0n) is 7.42. The molecule has 0 aromatic carbocycles. The van der Waals surface area contributed by atoms with Crippen molar-refractivity contribution in [1.29, 1.82) is 0 Å². The zero-order valence-corrected chi connectivity index (χ0v) is 7.42. The van der Waals surface area contributed by atoms with Crippen LogP contribution in [0.1, 0.15) is 33.6 Å². The van der Waals surface area contributed by atoms with Gasteiger partial charge in [0.05, 0.1) is 0 Å². The van der Waals surface area contributed by atoms with Crippen LogP contribution in [-0.2, 0) is 4.79 Å². The van der Waals surface area contributed by atoms with Crippen molar-refractivity contribution in [1.82, 2.24) is 0 Å². The predicted octanol–water partition coefficient (Wildman–Crippen LogP) is 1.22. The molecular weight excluding hydrogens is 142 g/mol. The fourth-order valence-electron chi connectivity index (χ4n) is 0.712. The predicted molar refractivity (Wildman–Crippen MR) is 44.3 cm³/mol. The number of rotatable bonds is 3. The van der Waals surface area contributed by atoms with Gasteiger partial charge in [-0.25, -0.2) is 0 Å². The van der Waals surface area contributed by atoms with Crippen LogP contribution in [0.15, 0.2) is 0 Å². The molecule has 0 amide bonds. The summed E-state index contributed by atoms with van der Waals surface area (Å²) in [6.45, 7) is 6.21. The number of carbonyl (C=O) groups is 1. The summed E-state index contributed by atoms with van der Waals surface area (Å²) in [6, 6.07) is -0.700. The minimum atomic E-state index is -0.908. The van der Waals surface area contributed by atoms with Crippen LogP contribution in [0.5, 0.6) is 0 Å². The van der Waals surface area contributed by atoms with Gasteiger partial charge in [0.25, 0.3) is 0 Å². The van der Waals surface area contributed by atoms with E-state index in [1.165, 1.54) is 0 Å². The summed E-state index contributed by atoms with van der Waals surface area (Å²) in [6.07, 6.45) is 1.40. The lowest BCUT2D eigenvalue weighted by Gasteiger charge is -2.18. The molecule has 0 spiro atoms.